The predicted molar refractivity (Wildman–Crippen MR) is 113 cm³/mol. The van der Waals surface area contributed by atoms with E-state index in [1.54, 1.807) is 0 Å². The van der Waals surface area contributed by atoms with Gasteiger partial charge in [0.1, 0.15) is 0 Å². The summed E-state index contributed by atoms with van der Waals surface area (Å²) in [4.78, 5) is 14.6. The first-order chi connectivity index (χ1) is 14.5. The van der Waals surface area contributed by atoms with E-state index in [4.69, 9.17) is 27.9 Å². The molecule has 0 amide bonds. The summed E-state index contributed by atoms with van der Waals surface area (Å²) in [7, 11) is 0. The molecule has 5 nitrogen and oxygen atoms in total. The molecule has 0 aliphatic rings. The molecule has 0 N–H and O–H groups in total. The molecule has 0 bridgehead atoms. The Balaban J connectivity index is 1.91. The predicted octanol–water partition coefficient (Wildman–Crippen LogP) is 7.77. The number of benzene rings is 3. The van der Waals surface area contributed by atoms with Gasteiger partial charge in [0.15, 0.2) is 5.75 Å². The van der Waals surface area contributed by atoms with Gasteiger partial charge in [-0.15, -0.1) is 0 Å². The van der Waals surface area contributed by atoms with E-state index in [1.165, 1.54) is 18.3 Å². The Labute approximate surface area is 184 Å². The monoisotopic (exact) mass is 468 g/mol. The molecular formula is C21H13Cl2F3N2O3. The first-order valence-electron chi connectivity index (χ1n) is 8.68. The minimum atomic E-state index is -4.74. The number of rotatable bonds is 5. The van der Waals surface area contributed by atoms with Crippen molar-refractivity contribution in [3.63, 3.8) is 0 Å². The van der Waals surface area contributed by atoms with Gasteiger partial charge < -0.3 is 4.74 Å². The summed E-state index contributed by atoms with van der Waals surface area (Å²) >= 11 is 12.4. The van der Waals surface area contributed by atoms with Gasteiger partial charge in [0.2, 0.25) is 5.75 Å². The number of alkyl halides is 3. The zero-order chi connectivity index (χ0) is 22.8. The van der Waals surface area contributed by atoms with Crippen molar-refractivity contribution in [1.29, 1.82) is 0 Å². The van der Waals surface area contributed by atoms with E-state index in [0.717, 1.165) is 11.6 Å². The molecule has 0 spiro atoms. The lowest BCUT2D eigenvalue weighted by Crippen LogP contribution is -2.06. The maximum Gasteiger partial charge on any atom is 0.416 e. The summed E-state index contributed by atoms with van der Waals surface area (Å²) < 4.78 is 44.0. The maximum absolute atomic E-state index is 12.9. The Kier molecular flexibility index (Phi) is 6.52. The molecule has 0 radical (unpaired) electrons. The third-order valence-electron chi connectivity index (χ3n) is 4.11. The van der Waals surface area contributed by atoms with Crippen LogP contribution in [0.2, 0.25) is 10.0 Å². The fourth-order valence-corrected chi connectivity index (χ4v) is 3.15. The molecule has 0 saturated heterocycles. The van der Waals surface area contributed by atoms with Crippen LogP contribution in [0.5, 0.6) is 11.5 Å². The number of aryl methyl sites for hydroxylation is 1. The highest BCUT2D eigenvalue weighted by Gasteiger charge is 2.33. The van der Waals surface area contributed by atoms with E-state index in [9.17, 15) is 23.3 Å². The normalized spacial score (nSPS) is 11.7. The van der Waals surface area contributed by atoms with Gasteiger partial charge in [0.05, 0.1) is 26.2 Å². The van der Waals surface area contributed by atoms with Crippen LogP contribution in [0.15, 0.2) is 59.6 Å². The van der Waals surface area contributed by atoms with E-state index in [0.29, 0.717) is 23.4 Å². The second-order valence-corrected chi connectivity index (χ2v) is 7.26. The lowest BCUT2D eigenvalue weighted by atomic mass is 10.1. The van der Waals surface area contributed by atoms with Crippen molar-refractivity contribution >= 4 is 40.8 Å². The zero-order valence-electron chi connectivity index (χ0n) is 15.8. The van der Waals surface area contributed by atoms with Gasteiger partial charge in [0, 0.05) is 12.3 Å². The minimum absolute atomic E-state index is 0.00653. The first-order valence-corrected chi connectivity index (χ1v) is 9.43. The molecule has 10 heteroatoms. The average Bonchev–Trinajstić information content (AvgIpc) is 2.69. The molecule has 3 rings (SSSR count). The number of nitrogens with zero attached hydrogens (tertiary/aromatic N) is 2. The summed E-state index contributed by atoms with van der Waals surface area (Å²) in [6.07, 6.45) is -3.22. The van der Waals surface area contributed by atoms with Crippen molar-refractivity contribution in [2.75, 3.05) is 0 Å². The Bertz CT molecular complexity index is 1140. The standard InChI is InChI=1S/C21H13Cl2F3N2O3/c1-12-2-5-15(6-3-12)27-11-13-8-16(22)20(17(23)9-13)31-19-7-4-14(21(24,25)26)10-18(19)28(29)30/h2-11H,1H3. The Hall–Kier alpha value is -3.10. The highest BCUT2D eigenvalue weighted by Crippen LogP contribution is 2.42. The molecule has 3 aromatic carbocycles. The fourth-order valence-electron chi connectivity index (χ4n) is 2.56. The summed E-state index contributed by atoms with van der Waals surface area (Å²) in [5.74, 6) is -0.554. The molecule has 0 heterocycles. The van der Waals surface area contributed by atoms with Crippen LogP contribution in [0.1, 0.15) is 16.7 Å². The molecule has 0 saturated carbocycles. The minimum Gasteiger partial charge on any atom is -0.447 e. The third-order valence-corrected chi connectivity index (χ3v) is 4.67. The van der Waals surface area contributed by atoms with Gasteiger partial charge >= 0.3 is 11.9 Å². The number of aliphatic imine (C=N–C) groups is 1. The molecular weight excluding hydrogens is 456 g/mol. The van der Waals surface area contributed by atoms with Crippen molar-refractivity contribution in [2.24, 2.45) is 4.99 Å². The maximum atomic E-state index is 12.9. The number of hydrogen-bond donors (Lipinski definition) is 0. The van der Waals surface area contributed by atoms with Crippen molar-refractivity contribution in [3.8, 4) is 11.5 Å². The van der Waals surface area contributed by atoms with Crippen LogP contribution in [0.4, 0.5) is 24.5 Å². The SMILES string of the molecule is Cc1ccc(N=Cc2cc(Cl)c(Oc3ccc(C(F)(F)F)cc3[N+](=O)[O-])c(Cl)c2)cc1. The molecule has 0 unspecified atom stereocenters. The molecule has 0 atom stereocenters. The first kappa shape index (κ1) is 22.6. The van der Waals surface area contributed by atoms with E-state index >= 15 is 0 Å². The van der Waals surface area contributed by atoms with Gasteiger partial charge in [-0.2, -0.15) is 13.2 Å². The Morgan fingerprint density at radius 1 is 1.03 bits per heavy atom. The fraction of sp³-hybridized carbons (Fsp3) is 0.0952. The van der Waals surface area contributed by atoms with Crippen molar-refractivity contribution in [2.45, 2.75) is 13.1 Å². The average molecular weight is 469 g/mol. The van der Waals surface area contributed by atoms with Crippen molar-refractivity contribution in [1.82, 2.24) is 0 Å². The highest BCUT2D eigenvalue weighted by molar-refractivity contribution is 6.37. The molecule has 160 valence electrons. The lowest BCUT2D eigenvalue weighted by Gasteiger charge is -2.12. The van der Waals surface area contributed by atoms with E-state index < -0.39 is 28.1 Å². The largest absolute Gasteiger partial charge is 0.447 e. The molecule has 0 aliphatic heterocycles. The second-order valence-electron chi connectivity index (χ2n) is 6.45. The van der Waals surface area contributed by atoms with Gasteiger partial charge in [-0.05, 0) is 48.9 Å². The molecule has 0 aliphatic carbocycles. The third kappa shape index (κ3) is 5.53. The van der Waals surface area contributed by atoms with Crippen molar-refractivity contribution in [3.05, 3.63) is 91.4 Å². The topological polar surface area (TPSA) is 64.7 Å². The smallest absolute Gasteiger partial charge is 0.416 e. The Morgan fingerprint density at radius 2 is 1.65 bits per heavy atom. The molecule has 0 aromatic heterocycles. The number of nitro groups is 1. The number of hydrogen-bond acceptors (Lipinski definition) is 4. The highest BCUT2D eigenvalue weighted by atomic mass is 35.5. The quantitative estimate of drug-likeness (QED) is 0.218. The lowest BCUT2D eigenvalue weighted by molar-refractivity contribution is -0.385. The van der Waals surface area contributed by atoms with Gasteiger partial charge in [-0.1, -0.05) is 40.9 Å². The van der Waals surface area contributed by atoms with E-state index in [2.05, 4.69) is 4.99 Å². The van der Waals surface area contributed by atoms with Crippen LogP contribution in [0, 0.1) is 17.0 Å². The van der Waals surface area contributed by atoms with Crippen LogP contribution in [-0.2, 0) is 6.18 Å². The van der Waals surface area contributed by atoms with Crippen molar-refractivity contribution < 1.29 is 22.8 Å². The Morgan fingerprint density at radius 3 is 2.19 bits per heavy atom. The van der Waals surface area contributed by atoms with Crippen LogP contribution < -0.4 is 4.74 Å². The summed E-state index contributed by atoms with van der Waals surface area (Å²) in [5.41, 5.74) is 0.283. The summed E-state index contributed by atoms with van der Waals surface area (Å²) in [6, 6.07) is 12.3. The second kappa shape index (κ2) is 8.95. The van der Waals surface area contributed by atoms with Crippen LogP contribution in [0.25, 0.3) is 0 Å². The number of halogens is 5. The number of nitro benzene ring substituents is 1. The zero-order valence-corrected chi connectivity index (χ0v) is 17.3. The van der Waals surface area contributed by atoms with Crippen LogP contribution in [0.3, 0.4) is 0 Å². The van der Waals surface area contributed by atoms with Crippen LogP contribution in [-0.4, -0.2) is 11.1 Å². The molecule has 31 heavy (non-hydrogen) atoms. The summed E-state index contributed by atoms with van der Waals surface area (Å²) in [5, 5.41) is 11.2. The van der Waals surface area contributed by atoms with E-state index in [-0.39, 0.29) is 15.8 Å². The van der Waals surface area contributed by atoms with Gasteiger partial charge in [-0.3, -0.25) is 15.1 Å². The van der Waals surface area contributed by atoms with E-state index in [1.807, 2.05) is 31.2 Å². The van der Waals surface area contributed by atoms with Gasteiger partial charge in [0.25, 0.3) is 0 Å². The summed E-state index contributed by atoms with van der Waals surface area (Å²) in [6.45, 7) is 1.95. The number of ether oxygens (including phenoxy) is 1. The van der Waals surface area contributed by atoms with Crippen LogP contribution >= 0.6 is 23.2 Å². The molecule has 0 fully saturated rings. The molecule has 3 aromatic rings. The van der Waals surface area contributed by atoms with Gasteiger partial charge in [-0.25, -0.2) is 0 Å².